The van der Waals surface area contributed by atoms with Gasteiger partial charge in [0, 0.05) is 0 Å². The zero-order valence-corrected chi connectivity index (χ0v) is 9.91. The molecule has 0 aliphatic rings. The maximum absolute atomic E-state index is 11.5. The van der Waals surface area contributed by atoms with Gasteiger partial charge in [0.05, 0.1) is 19.5 Å². The van der Waals surface area contributed by atoms with Crippen LogP contribution >= 0.6 is 0 Å². The summed E-state index contributed by atoms with van der Waals surface area (Å²) >= 11 is 0. The fourth-order valence-electron chi connectivity index (χ4n) is 1.48. The molecule has 3 heteroatoms. The second-order valence-corrected chi connectivity index (χ2v) is 3.74. The average Bonchev–Trinajstić information content (AvgIpc) is 2.93. The van der Waals surface area contributed by atoms with Crippen molar-refractivity contribution in [1.82, 2.24) is 0 Å². The van der Waals surface area contributed by atoms with E-state index in [1.807, 2.05) is 30.3 Å². The minimum Gasteiger partial charge on any atom is -0.461 e. The molecule has 0 amide bonds. The van der Waals surface area contributed by atoms with Gasteiger partial charge < -0.3 is 9.15 Å². The molecule has 0 spiro atoms. The Morgan fingerprint density at radius 1 is 1.17 bits per heavy atom. The predicted octanol–water partition coefficient (Wildman–Crippen LogP) is 3.24. The van der Waals surface area contributed by atoms with Crippen LogP contribution < -0.4 is 0 Å². The molecule has 1 heterocycles. The Morgan fingerprint density at radius 3 is 2.72 bits per heavy atom. The largest absolute Gasteiger partial charge is 0.461 e. The highest BCUT2D eigenvalue weighted by molar-refractivity contribution is 6.02. The number of benzene rings is 1. The number of furan rings is 1. The van der Waals surface area contributed by atoms with Crippen LogP contribution in [0.4, 0.5) is 0 Å². The molecule has 0 saturated heterocycles. The Kier molecular flexibility index (Phi) is 4.50. The third-order valence-corrected chi connectivity index (χ3v) is 2.36. The minimum absolute atomic E-state index is 0.150. The topological polar surface area (TPSA) is 39.4 Å². The van der Waals surface area contributed by atoms with Crippen LogP contribution in [0.1, 0.15) is 16.1 Å². The van der Waals surface area contributed by atoms with Gasteiger partial charge >= 0.3 is 0 Å². The van der Waals surface area contributed by atoms with Crippen LogP contribution in [0.2, 0.25) is 0 Å². The standard InChI is InChI=1S/C15H14O3/c16-14(15-9-5-11-18-15)8-4-10-17-12-13-6-2-1-3-7-13/h1-9,11H,10,12H2/b8-4+. The van der Waals surface area contributed by atoms with Gasteiger partial charge in [-0.2, -0.15) is 0 Å². The van der Waals surface area contributed by atoms with Crippen LogP contribution in [0.3, 0.4) is 0 Å². The van der Waals surface area contributed by atoms with Crippen molar-refractivity contribution in [2.45, 2.75) is 6.61 Å². The van der Waals surface area contributed by atoms with Crippen molar-refractivity contribution in [2.24, 2.45) is 0 Å². The van der Waals surface area contributed by atoms with Crippen molar-refractivity contribution < 1.29 is 13.9 Å². The minimum atomic E-state index is -0.150. The monoisotopic (exact) mass is 242 g/mol. The molecule has 0 radical (unpaired) electrons. The Morgan fingerprint density at radius 2 is 2.00 bits per heavy atom. The van der Waals surface area contributed by atoms with Gasteiger partial charge in [0.2, 0.25) is 5.78 Å². The molecule has 0 aliphatic heterocycles. The molecule has 0 unspecified atom stereocenters. The summed E-state index contributed by atoms with van der Waals surface area (Å²) in [7, 11) is 0. The van der Waals surface area contributed by atoms with E-state index in [0.29, 0.717) is 19.0 Å². The fraction of sp³-hybridized carbons (Fsp3) is 0.133. The zero-order chi connectivity index (χ0) is 12.6. The van der Waals surface area contributed by atoms with E-state index < -0.39 is 0 Å². The first-order valence-electron chi connectivity index (χ1n) is 5.72. The van der Waals surface area contributed by atoms with Crippen LogP contribution in [-0.2, 0) is 11.3 Å². The number of hydrogen-bond donors (Lipinski definition) is 0. The van der Waals surface area contributed by atoms with E-state index in [-0.39, 0.29) is 5.78 Å². The number of carbonyl (C=O) groups excluding carboxylic acids is 1. The van der Waals surface area contributed by atoms with Gasteiger partial charge in [-0.25, -0.2) is 0 Å². The van der Waals surface area contributed by atoms with Crippen LogP contribution in [0.25, 0.3) is 0 Å². The molecule has 1 aromatic carbocycles. The van der Waals surface area contributed by atoms with Crippen LogP contribution in [0.15, 0.2) is 65.3 Å². The summed E-state index contributed by atoms with van der Waals surface area (Å²) in [6.45, 7) is 0.946. The molecule has 0 atom stereocenters. The molecule has 0 fully saturated rings. The maximum atomic E-state index is 11.5. The Hall–Kier alpha value is -2.13. The van der Waals surface area contributed by atoms with E-state index in [9.17, 15) is 4.79 Å². The third kappa shape index (κ3) is 3.71. The van der Waals surface area contributed by atoms with Gasteiger partial charge in [0.25, 0.3) is 0 Å². The lowest BCUT2D eigenvalue weighted by Crippen LogP contribution is -1.95. The molecule has 2 aromatic rings. The highest BCUT2D eigenvalue weighted by Gasteiger charge is 2.02. The Balaban J connectivity index is 1.71. The van der Waals surface area contributed by atoms with Crippen molar-refractivity contribution in [2.75, 3.05) is 6.61 Å². The maximum Gasteiger partial charge on any atom is 0.220 e. The smallest absolute Gasteiger partial charge is 0.220 e. The normalized spacial score (nSPS) is 10.9. The number of allylic oxidation sites excluding steroid dienone is 1. The zero-order valence-electron chi connectivity index (χ0n) is 9.91. The van der Waals surface area contributed by atoms with Gasteiger partial charge in [-0.15, -0.1) is 0 Å². The molecule has 0 aliphatic carbocycles. The summed E-state index contributed by atoms with van der Waals surface area (Å²) in [6, 6.07) is 13.2. The highest BCUT2D eigenvalue weighted by Crippen LogP contribution is 2.03. The predicted molar refractivity (Wildman–Crippen MR) is 68.3 cm³/mol. The van der Waals surface area contributed by atoms with E-state index in [1.165, 1.54) is 12.3 Å². The highest BCUT2D eigenvalue weighted by atomic mass is 16.5. The lowest BCUT2D eigenvalue weighted by Gasteiger charge is -2.00. The first-order valence-corrected chi connectivity index (χ1v) is 5.72. The van der Waals surface area contributed by atoms with Crippen LogP contribution in [0, 0.1) is 0 Å². The van der Waals surface area contributed by atoms with Crippen molar-refractivity contribution in [3.8, 4) is 0 Å². The number of hydrogen-bond acceptors (Lipinski definition) is 3. The quantitative estimate of drug-likeness (QED) is 0.443. The van der Waals surface area contributed by atoms with Crippen molar-refractivity contribution in [1.29, 1.82) is 0 Å². The van der Waals surface area contributed by atoms with Gasteiger partial charge in [-0.3, -0.25) is 4.79 Å². The van der Waals surface area contributed by atoms with Crippen LogP contribution in [-0.4, -0.2) is 12.4 Å². The molecule has 92 valence electrons. The number of ketones is 1. The number of ether oxygens (including phenoxy) is 1. The molecular formula is C15H14O3. The van der Waals surface area contributed by atoms with E-state index in [2.05, 4.69) is 0 Å². The lowest BCUT2D eigenvalue weighted by atomic mass is 10.2. The van der Waals surface area contributed by atoms with Crippen LogP contribution in [0.5, 0.6) is 0 Å². The summed E-state index contributed by atoms with van der Waals surface area (Å²) in [5.74, 6) is 0.192. The van der Waals surface area contributed by atoms with Crippen molar-refractivity contribution in [3.05, 3.63) is 72.2 Å². The van der Waals surface area contributed by atoms with E-state index in [4.69, 9.17) is 9.15 Å². The second-order valence-electron chi connectivity index (χ2n) is 3.74. The summed E-state index contributed by atoms with van der Waals surface area (Å²) < 4.78 is 10.4. The Bertz CT molecular complexity index is 498. The molecular weight excluding hydrogens is 228 g/mol. The summed E-state index contributed by atoms with van der Waals surface area (Å²) in [6.07, 6.45) is 4.63. The number of carbonyl (C=O) groups is 1. The van der Waals surface area contributed by atoms with Gasteiger partial charge in [0.1, 0.15) is 0 Å². The van der Waals surface area contributed by atoms with E-state index >= 15 is 0 Å². The molecule has 0 bridgehead atoms. The van der Waals surface area contributed by atoms with E-state index in [0.717, 1.165) is 5.56 Å². The average molecular weight is 242 g/mol. The molecule has 2 rings (SSSR count). The fourth-order valence-corrected chi connectivity index (χ4v) is 1.48. The molecule has 3 nitrogen and oxygen atoms in total. The van der Waals surface area contributed by atoms with E-state index in [1.54, 1.807) is 18.2 Å². The molecule has 1 aromatic heterocycles. The third-order valence-electron chi connectivity index (χ3n) is 2.36. The first kappa shape index (κ1) is 12.3. The summed E-state index contributed by atoms with van der Waals surface area (Å²) in [5, 5.41) is 0. The molecule has 0 N–H and O–H groups in total. The van der Waals surface area contributed by atoms with Crippen molar-refractivity contribution in [3.63, 3.8) is 0 Å². The Labute approximate surface area is 106 Å². The summed E-state index contributed by atoms with van der Waals surface area (Å²) in [5.41, 5.74) is 1.11. The van der Waals surface area contributed by atoms with Gasteiger partial charge in [-0.1, -0.05) is 36.4 Å². The van der Waals surface area contributed by atoms with Gasteiger partial charge in [0.15, 0.2) is 5.76 Å². The van der Waals surface area contributed by atoms with Gasteiger partial charge in [-0.05, 0) is 23.8 Å². The molecule has 18 heavy (non-hydrogen) atoms. The lowest BCUT2D eigenvalue weighted by molar-refractivity contribution is 0.101. The number of rotatable bonds is 6. The molecule has 0 saturated carbocycles. The summed E-state index contributed by atoms with van der Waals surface area (Å²) in [4.78, 5) is 11.5. The first-order chi connectivity index (χ1) is 8.86. The SMILES string of the molecule is O=C(/C=C/COCc1ccccc1)c1ccco1. The van der Waals surface area contributed by atoms with Crippen molar-refractivity contribution >= 4 is 5.78 Å². The second kappa shape index (κ2) is 6.57.